The Balaban J connectivity index is 2.12. The molecule has 0 spiro atoms. The fourth-order valence-corrected chi connectivity index (χ4v) is 2.15. The van der Waals surface area contributed by atoms with Gasteiger partial charge < -0.3 is 9.47 Å². The van der Waals surface area contributed by atoms with Crippen molar-refractivity contribution in [2.75, 3.05) is 7.11 Å². The van der Waals surface area contributed by atoms with Crippen molar-refractivity contribution < 1.29 is 9.47 Å². The molecule has 0 aliphatic rings. The molecule has 18 heavy (non-hydrogen) atoms. The number of methoxy groups -OCH3 is 1. The molecule has 5 heteroatoms. The molecule has 0 aliphatic carbocycles. The molecule has 0 fully saturated rings. The zero-order valence-corrected chi connectivity index (χ0v) is 11.0. The maximum Gasteiger partial charge on any atom is 0.162 e. The molecule has 2 aromatic rings. The number of nitrogens with zero attached hydrogens (tertiary/aromatic N) is 2. The minimum absolute atomic E-state index is 0.404. The van der Waals surface area contributed by atoms with Gasteiger partial charge in [0.15, 0.2) is 11.5 Å². The molecular formula is C13H12N2O2S. The van der Waals surface area contributed by atoms with Gasteiger partial charge >= 0.3 is 0 Å². The third kappa shape index (κ3) is 2.79. The number of thiazole rings is 1. The summed E-state index contributed by atoms with van der Waals surface area (Å²) in [4.78, 5) is 4.32. The van der Waals surface area contributed by atoms with Gasteiger partial charge in [0.1, 0.15) is 11.6 Å². The van der Waals surface area contributed by atoms with Crippen molar-refractivity contribution in [2.45, 2.75) is 13.5 Å². The Hall–Kier alpha value is -2.06. The topological polar surface area (TPSA) is 55.1 Å². The van der Waals surface area contributed by atoms with Crippen molar-refractivity contribution >= 4 is 11.3 Å². The highest BCUT2D eigenvalue weighted by Gasteiger charge is 2.07. The van der Waals surface area contributed by atoms with Crippen LogP contribution in [-0.4, -0.2) is 12.1 Å². The van der Waals surface area contributed by atoms with Crippen LogP contribution in [0.2, 0.25) is 0 Å². The van der Waals surface area contributed by atoms with Gasteiger partial charge in [-0.25, -0.2) is 4.98 Å². The van der Waals surface area contributed by atoms with Gasteiger partial charge in [0.05, 0.1) is 18.7 Å². The number of aryl methyl sites for hydroxylation is 1. The lowest BCUT2D eigenvalue weighted by Crippen LogP contribution is -1.97. The van der Waals surface area contributed by atoms with Crippen molar-refractivity contribution in [1.82, 2.24) is 4.98 Å². The van der Waals surface area contributed by atoms with Gasteiger partial charge in [0, 0.05) is 17.1 Å². The summed E-state index contributed by atoms with van der Waals surface area (Å²) < 4.78 is 10.8. The lowest BCUT2D eigenvalue weighted by molar-refractivity contribution is 0.284. The first kappa shape index (κ1) is 12.4. The summed E-state index contributed by atoms with van der Waals surface area (Å²) in [7, 11) is 1.55. The monoisotopic (exact) mass is 260 g/mol. The summed E-state index contributed by atoms with van der Waals surface area (Å²) >= 11 is 1.56. The first-order valence-electron chi connectivity index (χ1n) is 5.35. The molecule has 0 bridgehead atoms. The van der Waals surface area contributed by atoms with Crippen LogP contribution in [0, 0.1) is 18.3 Å². The zero-order chi connectivity index (χ0) is 13.0. The summed E-state index contributed by atoms with van der Waals surface area (Å²) in [6, 6.07) is 7.15. The molecule has 0 atom stereocenters. The third-order valence-corrected chi connectivity index (χ3v) is 3.25. The van der Waals surface area contributed by atoms with Crippen molar-refractivity contribution in [2.24, 2.45) is 0 Å². The molecule has 0 amide bonds. The van der Waals surface area contributed by atoms with Crippen molar-refractivity contribution in [3.05, 3.63) is 39.8 Å². The molecule has 0 N–H and O–H groups in total. The van der Waals surface area contributed by atoms with Crippen molar-refractivity contribution in [3.63, 3.8) is 0 Å². The first-order chi connectivity index (χ1) is 8.72. The Bertz CT molecular complexity index is 587. The number of rotatable bonds is 4. The number of nitriles is 1. The molecule has 1 aromatic carbocycles. The van der Waals surface area contributed by atoms with Crippen LogP contribution in [0.4, 0.5) is 0 Å². The van der Waals surface area contributed by atoms with Crippen LogP contribution < -0.4 is 9.47 Å². The van der Waals surface area contributed by atoms with Gasteiger partial charge in [-0.05, 0) is 19.1 Å². The smallest absolute Gasteiger partial charge is 0.162 e. The average Bonchev–Trinajstić information content (AvgIpc) is 2.82. The molecular weight excluding hydrogens is 248 g/mol. The molecule has 92 valence electrons. The largest absolute Gasteiger partial charge is 0.493 e. The molecule has 2 rings (SSSR count). The van der Waals surface area contributed by atoms with Crippen LogP contribution in [0.15, 0.2) is 23.6 Å². The van der Waals surface area contributed by atoms with Gasteiger partial charge in [-0.15, -0.1) is 11.3 Å². The fraction of sp³-hybridized carbons (Fsp3) is 0.231. The van der Waals surface area contributed by atoms with Crippen molar-refractivity contribution in [1.29, 1.82) is 5.26 Å². The summed E-state index contributed by atoms with van der Waals surface area (Å²) in [6.45, 7) is 2.35. The van der Waals surface area contributed by atoms with E-state index in [1.54, 1.807) is 36.6 Å². The van der Waals surface area contributed by atoms with E-state index in [4.69, 9.17) is 14.7 Å². The van der Waals surface area contributed by atoms with E-state index < -0.39 is 0 Å². The van der Waals surface area contributed by atoms with Crippen molar-refractivity contribution in [3.8, 4) is 17.6 Å². The van der Waals surface area contributed by atoms with Gasteiger partial charge in [-0.3, -0.25) is 0 Å². The molecule has 0 unspecified atom stereocenters. The minimum atomic E-state index is 0.404. The Morgan fingerprint density at radius 1 is 1.39 bits per heavy atom. The normalized spacial score (nSPS) is 9.83. The predicted molar refractivity (Wildman–Crippen MR) is 68.9 cm³/mol. The van der Waals surface area contributed by atoms with Crippen LogP contribution in [0.1, 0.15) is 16.3 Å². The maximum absolute atomic E-state index is 8.80. The molecule has 1 heterocycles. The SMILES string of the molecule is COc1cc(C#N)ccc1OCc1nc(C)cs1. The maximum atomic E-state index is 8.80. The second-order valence-corrected chi connectivity index (χ2v) is 4.59. The van der Waals surface area contributed by atoms with E-state index >= 15 is 0 Å². The fourth-order valence-electron chi connectivity index (χ4n) is 1.46. The molecule has 0 radical (unpaired) electrons. The Morgan fingerprint density at radius 3 is 2.83 bits per heavy atom. The van der Waals surface area contributed by atoms with Gasteiger partial charge in [0.25, 0.3) is 0 Å². The van der Waals surface area contributed by atoms with Crippen LogP contribution in [0.25, 0.3) is 0 Å². The highest BCUT2D eigenvalue weighted by atomic mass is 32.1. The number of hydrogen-bond donors (Lipinski definition) is 0. The Labute approximate surface area is 109 Å². The van der Waals surface area contributed by atoms with E-state index in [-0.39, 0.29) is 0 Å². The predicted octanol–water partition coefficient (Wildman–Crippen LogP) is 2.91. The standard InChI is InChI=1S/C13H12N2O2S/c1-9-8-18-13(15-9)7-17-11-4-3-10(6-14)5-12(11)16-2/h3-5,8H,7H2,1-2H3. The quantitative estimate of drug-likeness (QED) is 0.848. The van der Waals surface area contributed by atoms with E-state index in [2.05, 4.69) is 11.1 Å². The highest BCUT2D eigenvalue weighted by Crippen LogP contribution is 2.28. The third-order valence-electron chi connectivity index (χ3n) is 2.31. The molecule has 0 aliphatic heterocycles. The lowest BCUT2D eigenvalue weighted by Gasteiger charge is -2.09. The number of aromatic nitrogens is 1. The lowest BCUT2D eigenvalue weighted by atomic mass is 10.2. The summed E-state index contributed by atoms with van der Waals surface area (Å²) in [5, 5.41) is 11.7. The van der Waals surface area contributed by atoms with Gasteiger partial charge in [-0.2, -0.15) is 5.26 Å². The van der Waals surface area contributed by atoms with E-state index in [9.17, 15) is 0 Å². The molecule has 1 aromatic heterocycles. The first-order valence-corrected chi connectivity index (χ1v) is 6.23. The van der Waals surface area contributed by atoms with E-state index in [1.807, 2.05) is 12.3 Å². The highest BCUT2D eigenvalue weighted by molar-refractivity contribution is 7.09. The second kappa shape index (κ2) is 5.52. The zero-order valence-electron chi connectivity index (χ0n) is 10.1. The average molecular weight is 260 g/mol. The molecule has 4 nitrogen and oxygen atoms in total. The van der Waals surface area contributed by atoms with E-state index in [0.29, 0.717) is 23.7 Å². The van der Waals surface area contributed by atoms with Crippen LogP contribution in [0.5, 0.6) is 11.5 Å². The summed E-state index contributed by atoms with van der Waals surface area (Å²) in [6.07, 6.45) is 0. The number of ether oxygens (including phenoxy) is 2. The van der Waals surface area contributed by atoms with Crippen LogP contribution in [-0.2, 0) is 6.61 Å². The van der Waals surface area contributed by atoms with Gasteiger partial charge in [0.2, 0.25) is 0 Å². The van der Waals surface area contributed by atoms with E-state index in [0.717, 1.165) is 10.7 Å². The minimum Gasteiger partial charge on any atom is -0.493 e. The Morgan fingerprint density at radius 2 is 2.22 bits per heavy atom. The number of hydrogen-bond acceptors (Lipinski definition) is 5. The Kier molecular flexibility index (Phi) is 3.80. The van der Waals surface area contributed by atoms with Crippen LogP contribution >= 0.6 is 11.3 Å². The van der Waals surface area contributed by atoms with E-state index in [1.165, 1.54) is 0 Å². The second-order valence-electron chi connectivity index (χ2n) is 3.65. The number of benzene rings is 1. The summed E-state index contributed by atoms with van der Waals surface area (Å²) in [5.74, 6) is 1.17. The molecule has 0 saturated heterocycles. The van der Waals surface area contributed by atoms with Crippen LogP contribution in [0.3, 0.4) is 0 Å². The van der Waals surface area contributed by atoms with Gasteiger partial charge in [-0.1, -0.05) is 0 Å². The molecule has 0 saturated carbocycles. The summed E-state index contributed by atoms with van der Waals surface area (Å²) in [5.41, 5.74) is 1.54.